The number of amides is 2. The summed E-state index contributed by atoms with van der Waals surface area (Å²) in [6, 6.07) is 2.87. The van der Waals surface area contributed by atoms with Crippen molar-refractivity contribution in [3.63, 3.8) is 0 Å². The van der Waals surface area contributed by atoms with Gasteiger partial charge in [0.15, 0.2) is 0 Å². The number of hydrogen-bond acceptors (Lipinski definition) is 2. The van der Waals surface area contributed by atoms with Crippen LogP contribution in [-0.4, -0.2) is 11.0 Å². The van der Waals surface area contributed by atoms with E-state index in [-0.39, 0.29) is 6.03 Å². The van der Waals surface area contributed by atoms with E-state index in [0.717, 1.165) is 5.57 Å². The van der Waals surface area contributed by atoms with Crippen LogP contribution in [0.2, 0.25) is 5.02 Å². The summed E-state index contributed by atoms with van der Waals surface area (Å²) in [4.78, 5) is 15.2. The molecule has 0 radical (unpaired) electrons. The third-order valence-electron chi connectivity index (χ3n) is 1.46. The normalized spacial score (nSPS) is 9.27. The zero-order valence-electron chi connectivity index (χ0n) is 8.54. The van der Waals surface area contributed by atoms with Crippen LogP contribution in [0.5, 0.6) is 0 Å². The molecule has 0 aliphatic carbocycles. The van der Waals surface area contributed by atoms with Crippen molar-refractivity contribution in [3.05, 3.63) is 35.1 Å². The Morgan fingerprint density at radius 2 is 2.27 bits per heavy atom. The molecule has 15 heavy (non-hydrogen) atoms. The zero-order chi connectivity index (χ0) is 11.3. The quantitative estimate of drug-likeness (QED) is 0.813. The molecule has 2 N–H and O–H groups in total. The van der Waals surface area contributed by atoms with Gasteiger partial charge in [0, 0.05) is 17.4 Å². The number of aromatic nitrogens is 1. The van der Waals surface area contributed by atoms with Crippen molar-refractivity contribution in [3.8, 4) is 0 Å². The Labute approximate surface area is 93.4 Å². The molecule has 0 aromatic carbocycles. The molecule has 0 saturated carbocycles. The van der Waals surface area contributed by atoms with Crippen molar-refractivity contribution >= 4 is 23.4 Å². The first kappa shape index (κ1) is 11.5. The second kappa shape index (κ2) is 5.36. The number of pyridine rings is 1. The predicted octanol–water partition coefficient (Wildman–Crippen LogP) is 2.78. The van der Waals surface area contributed by atoms with E-state index < -0.39 is 0 Å². The molecule has 0 spiro atoms. The third-order valence-corrected chi connectivity index (χ3v) is 1.69. The highest BCUT2D eigenvalue weighted by Crippen LogP contribution is 2.11. The first-order chi connectivity index (χ1) is 7.08. The number of carbonyl (C=O) groups is 1. The highest BCUT2D eigenvalue weighted by molar-refractivity contribution is 6.30. The molecule has 1 heterocycles. The van der Waals surface area contributed by atoms with Crippen LogP contribution in [-0.2, 0) is 0 Å². The highest BCUT2D eigenvalue weighted by atomic mass is 35.5. The Balaban J connectivity index is 2.55. The van der Waals surface area contributed by atoms with Gasteiger partial charge in [0.1, 0.15) is 5.82 Å². The molecule has 0 aliphatic rings. The Morgan fingerprint density at radius 3 is 2.87 bits per heavy atom. The summed E-state index contributed by atoms with van der Waals surface area (Å²) in [6.07, 6.45) is 3.14. The van der Waals surface area contributed by atoms with Gasteiger partial charge in [-0.25, -0.2) is 9.78 Å². The Bertz CT molecular complexity index is 386. The van der Waals surface area contributed by atoms with E-state index in [2.05, 4.69) is 15.6 Å². The van der Waals surface area contributed by atoms with Crippen molar-refractivity contribution in [2.75, 3.05) is 5.32 Å². The fourth-order valence-corrected chi connectivity index (χ4v) is 0.995. The lowest BCUT2D eigenvalue weighted by atomic mass is 10.4. The number of anilines is 1. The van der Waals surface area contributed by atoms with Gasteiger partial charge in [-0.05, 0) is 26.0 Å². The van der Waals surface area contributed by atoms with E-state index in [4.69, 9.17) is 11.6 Å². The summed E-state index contributed by atoms with van der Waals surface area (Å²) in [7, 11) is 0. The van der Waals surface area contributed by atoms with E-state index >= 15 is 0 Å². The summed E-state index contributed by atoms with van der Waals surface area (Å²) >= 11 is 5.73. The van der Waals surface area contributed by atoms with Crippen molar-refractivity contribution in [2.45, 2.75) is 13.8 Å². The number of rotatable bonds is 2. The molecule has 0 saturated heterocycles. The largest absolute Gasteiger partial charge is 0.324 e. The summed E-state index contributed by atoms with van der Waals surface area (Å²) < 4.78 is 0. The molecule has 2 amide bonds. The number of carbonyl (C=O) groups excluding carboxylic acids is 1. The zero-order valence-corrected chi connectivity index (χ0v) is 9.30. The van der Waals surface area contributed by atoms with Gasteiger partial charge in [-0.1, -0.05) is 17.2 Å². The molecule has 0 aliphatic heterocycles. The third kappa shape index (κ3) is 4.46. The van der Waals surface area contributed by atoms with Crippen LogP contribution in [0.25, 0.3) is 0 Å². The van der Waals surface area contributed by atoms with Crippen molar-refractivity contribution in [1.82, 2.24) is 10.3 Å². The maximum atomic E-state index is 11.3. The number of nitrogens with one attached hydrogen (secondary N) is 2. The molecular weight excluding hydrogens is 214 g/mol. The number of allylic oxidation sites excluding steroid dienone is 1. The average Bonchev–Trinajstić information content (AvgIpc) is 2.15. The average molecular weight is 226 g/mol. The lowest BCUT2D eigenvalue weighted by Gasteiger charge is -2.03. The van der Waals surface area contributed by atoms with E-state index in [1.807, 2.05) is 13.8 Å². The minimum Gasteiger partial charge on any atom is -0.314 e. The molecule has 0 atom stereocenters. The second-order valence-corrected chi connectivity index (χ2v) is 3.62. The Kier molecular flexibility index (Phi) is 4.12. The molecule has 0 bridgehead atoms. The molecule has 1 aromatic rings. The smallest absolute Gasteiger partial charge is 0.314 e. The van der Waals surface area contributed by atoms with Crippen molar-refractivity contribution < 1.29 is 4.79 Å². The van der Waals surface area contributed by atoms with Gasteiger partial charge < -0.3 is 5.32 Å². The SMILES string of the molecule is CC(C)=CNC(=O)Nc1cc(Cl)ccn1. The molecule has 80 valence electrons. The van der Waals surface area contributed by atoms with Gasteiger partial charge in [-0.15, -0.1) is 0 Å². The maximum Gasteiger partial charge on any atom is 0.324 e. The molecule has 0 unspecified atom stereocenters. The maximum absolute atomic E-state index is 11.3. The van der Waals surface area contributed by atoms with E-state index in [0.29, 0.717) is 10.8 Å². The monoisotopic (exact) mass is 225 g/mol. The fraction of sp³-hybridized carbons (Fsp3) is 0.200. The van der Waals surface area contributed by atoms with Gasteiger partial charge in [0.25, 0.3) is 0 Å². The first-order valence-corrected chi connectivity index (χ1v) is 4.78. The lowest BCUT2D eigenvalue weighted by Crippen LogP contribution is -2.24. The van der Waals surface area contributed by atoms with E-state index in [1.165, 1.54) is 6.20 Å². The minimum atomic E-state index is -0.342. The molecule has 5 heteroatoms. The molecule has 4 nitrogen and oxygen atoms in total. The Morgan fingerprint density at radius 1 is 1.53 bits per heavy atom. The standard InChI is InChI=1S/C10H12ClN3O/c1-7(2)6-13-10(15)14-9-5-8(11)3-4-12-9/h3-6H,1-2H3,(H2,12,13,14,15). The van der Waals surface area contributed by atoms with Gasteiger partial charge in [-0.3, -0.25) is 5.32 Å². The number of halogens is 1. The van der Waals surface area contributed by atoms with Gasteiger partial charge in [-0.2, -0.15) is 0 Å². The Hall–Kier alpha value is -1.55. The predicted molar refractivity (Wildman–Crippen MR) is 60.8 cm³/mol. The van der Waals surface area contributed by atoms with Crippen LogP contribution in [0, 0.1) is 0 Å². The molecule has 1 rings (SSSR count). The van der Waals surface area contributed by atoms with Crippen LogP contribution in [0.1, 0.15) is 13.8 Å². The summed E-state index contributed by atoms with van der Waals surface area (Å²) in [5.41, 5.74) is 1.00. The number of nitrogens with zero attached hydrogens (tertiary/aromatic N) is 1. The topological polar surface area (TPSA) is 54.0 Å². The second-order valence-electron chi connectivity index (χ2n) is 3.18. The number of urea groups is 1. The summed E-state index contributed by atoms with van der Waals surface area (Å²) in [5, 5.41) is 5.63. The summed E-state index contributed by atoms with van der Waals surface area (Å²) in [5.74, 6) is 0.419. The van der Waals surface area contributed by atoms with Gasteiger partial charge >= 0.3 is 6.03 Å². The minimum absolute atomic E-state index is 0.342. The molecule has 1 aromatic heterocycles. The van der Waals surface area contributed by atoms with E-state index in [9.17, 15) is 4.79 Å². The van der Waals surface area contributed by atoms with Crippen LogP contribution in [0.15, 0.2) is 30.1 Å². The first-order valence-electron chi connectivity index (χ1n) is 4.40. The van der Waals surface area contributed by atoms with Gasteiger partial charge in [0.2, 0.25) is 0 Å². The summed E-state index contributed by atoms with van der Waals surface area (Å²) in [6.45, 7) is 3.77. The van der Waals surface area contributed by atoms with E-state index in [1.54, 1.807) is 18.3 Å². The number of hydrogen-bond donors (Lipinski definition) is 2. The van der Waals surface area contributed by atoms with Crippen molar-refractivity contribution in [2.24, 2.45) is 0 Å². The van der Waals surface area contributed by atoms with Crippen LogP contribution < -0.4 is 10.6 Å². The van der Waals surface area contributed by atoms with Gasteiger partial charge in [0.05, 0.1) is 0 Å². The lowest BCUT2D eigenvalue weighted by molar-refractivity contribution is 0.255. The molecule has 0 fully saturated rings. The van der Waals surface area contributed by atoms with Crippen LogP contribution in [0.4, 0.5) is 10.6 Å². The van der Waals surface area contributed by atoms with Crippen molar-refractivity contribution in [1.29, 1.82) is 0 Å². The fourth-order valence-electron chi connectivity index (χ4n) is 0.835. The highest BCUT2D eigenvalue weighted by Gasteiger charge is 2.00. The van der Waals surface area contributed by atoms with Crippen LogP contribution in [0.3, 0.4) is 0 Å². The molecular formula is C10H12ClN3O. The van der Waals surface area contributed by atoms with Crippen LogP contribution >= 0.6 is 11.6 Å².